The van der Waals surface area contributed by atoms with Crippen molar-refractivity contribution in [2.45, 2.75) is 76.3 Å². The van der Waals surface area contributed by atoms with Gasteiger partial charge in [0.1, 0.15) is 0 Å². The van der Waals surface area contributed by atoms with Gasteiger partial charge in [-0.05, 0) is 18.8 Å². The van der Waals surface area contributed by atoms with E-state index < -0.39 is 18.2 Å². The standard InChI is InChI=1S/C19H32O5S/c1-2-3-4-5-13(20)6-7-15-16-10-14(12-25-9-8-19(22)23)24-18(16)11-17(15)21/h6-7,13-18,20-21H,2-5,8-12H2,1H3,(H,22,23)/t13?,14?,15-,16-,17?,18?/m1/s1. The summed E-state index contributed by atoms with van der Waals surface area (Å²) in [7, 11) is 0. The Morgan fingerprint density at radius 2 is 2.16 bits per heavy atom. The van der Waals surface area contributed by atoms with Crippen LogP contribution in [0.4, 0.5) is 0 Å². The second-order valence-electron chi connectivity index (χ2n) is 7.24. The number of hydrogen-bond donors (Lipinski definition) is 3. The Hall–Kier alpha value is -0.560. The minimum atomic E-state index is -0.762. The Balaban J connectivity index is 1.76. The number of unbranched alkanes of at least 4 members (excludes halogenated alkanes) is 2. The van der Waals surface area contributed by atoms with E-state index in [1.54, 1.807) is 11.8 Å². The topological polar surface area (TPSA) is 87.0 Å². The minimum Gasteiger partial charge on any atom is -0.481 e. The molecular weight excluding hydrogens is 340 g/mol. The fourth-order valence-electron chi connectivity index (χ4n) is 3.88. The summed E-state index contributed by atoms with van der Waals surface area (Å²) in [4.78, 5) is 10.5. The Bertz CT molecular complexity index is 442. The molecule has 25 heavy (non-hydrogen) atoms. The maximum Gasteiger partial charge on any atom is 0.304 e. The summed E-state index contributed by atoms with van der Waals surface area (Å²) >= 11 is 1.62. The fraction of sp³-hybridized carbons (Fsp3) is 0.842. The normalized spacial score (nSPS) is 33.0. The van der Waals surface area contributed by atoms with Crippen LogP contribution in [-0.2, 0) is 9.53 Å². The number of aliphatic carboxylic acids is 1. The second kappa shape index (κ2) is 10.6. The van der Waals surface area contributed by atoms with Gasteiger partial charge in [-0.15, -0.1) is 0 Å². The SMILES string of the molecule is CCCCCC(O)C=C[C@H]1C(O)CC2OC(CSCCC(=O)O)C[C@@H]21. The summed E-state index contributed by atoms with van der Waals surface area (Å²) in [6.07, 6.45) is 9.09. The molecule has 1 aliphatic heterocycles. The molecule has 5 nitrogen and oxygen atoms in total. The van der Waals surface area contributed by atoms with E-state index in [9.17, 15) is 15.0 Å². The van der Waals surface area contributed by atoms with Crippen LogP contribution in [0.25, 0.3) is 0 Å². The lowest BCUT2D eigenvalue weighted by Crippen LogP contribution is -2.20. The number of carbonyl (C=O) groups is 1. The lowest BCUT2D eigenvalue weighted by Gasteiger charge is -2.18. The third-order valence-electron chi connectivity index (χ3n) is 5.22. The molecule has 0 aromatic rings. The Morgan fingerprint density at radius 3 is 2.88 bits per heavy atom. The Labute approximate surface area is 154 Å². The van der Waals surface area contributed by atoms with Gasteiger partial charge in [0.15, 0.2) is 0 Å². The molecule has 0 spiro atoms. The number of aliphatic hydroxyl groups is 2. The fourth-order valence-corrected chi connectivity index (χ4v) is 4.85. The molecule has 3 N–H and O–H groups in total. The first kappa shape index (κ1) is 20.7. The summed E-state index contributed by atoms with van der Waals surface area (Å²) in [5.74, 6) is 1.02. The van der Waals surface area contributed by atoms with Crippen molar-refractivity contribution >= 4 is 17.7 Å². The highest BCUT2D eigenvalue weighted by atomic mass is 32.2. The first-order valence-corrected chi connectivity index (χ1v) is 10.7. The van der Waals surface area contributed by atoms with Gasteiger partial charge < -0.3 is 20.1 Å². The number of aliphatic hydroxyl groups excluding tert-OH is 2. The molecule has 144 valence electrons. The molecule has 1 saturated carbocycles. The van der Waals surface area contributed by atoms with E-state index in [0.29, 0.717) is 18.1 Å². The highest BCUT2D eigenvalue weighted by Gasteiger charge is 2.47. The predicted molar refractivity (Wildman–Crippen MR) is 99.7 cm³/mol. The van der Waals surface area contributed by atoms with Crippen LogP contribution < -0.4 is 0 Å². The van der Waals surface area contributed by atoms with Gasteiger partial charge in [-0.3, -0.25) is 4.79 Å². The molecule has 4 unspecified atom stereocenters. The zero-order valence-corrected chi connectivity index (χ0v) is 15.9. The van der Waals surface area contributed by atoms with E-state index in [1.807, 2.05) is 12.2 Å². The third-order valence-corrected chi connectivity index (χ3v) is 6.32. The number of thioether (sulfide) groups is 1. The maximum atomic E-state index is 10.5. The molecule has 1 heterocycles. The molecule has 0 radical (unpaired) electrons. The summed E-state index contributed by atoms with van der Waals surface area (Å²) in [6.45, 7) is 2.15. The lowest BCUT2D eigenvalue weighted by atomic mass is 9.90. The molecule has 2 rings (SSSR count). The van der Waals surface area contributed by atoms with Gasteiger partial charge in [-0.2, -0.15) is 11.8 Å². The summed E-state index contributed by atoms with van der Waals surface area (Å²) in [5, 5.41) is 29.0. The largest absolute Gasteiger partial charge is 0.481 e. The van der Waals surface area contributed by atoms with Gasteiger partial charge in [0.05, 0.1) is 30.8 Å². The van der Waals surface area contributed by atoms with Crippen molar-refractivity contribution in [1.29, 1.82) is 0 Å². The number of rotatable bonds is 11. The van der Waals surface area contributed by atoms with Crippen molar-refractivity contribution in [3.8, 4) is 0 Å². The molecule has 6 heteroatoms. The Morgan fingerprint density at radius 1 is 1.36 bits per heavy atom. The van der Waals surface area contributed by atoms with Gasteiger partial charge in [-0.25, -0.2) is 0 Å². The van der Waals surface area contributed by atoms with Gasteiger partial charge in [0.25, 0.3) is 0 Å². The summed E-state index contributed by atoms with van der Waals surface area (Å²) in [6, 6.07) is 0. The van der Waals surface area contributed by atoms with E-state index in [1.165, 1.54) is 0 Å². The molecule has 1 aliphatic carbocycles. The maximum absolute atomic E-state index is 10.5. The van der Waals surface area contributed by atoms with E-state index in [2.05, 4.69) is 6.92 Å². The average molecular weight is 373 g/mol. The zero-order valence-electron chi connectivity index (χ0n) is 15.0. The highest BCUT2D eigenvalue weighted by molar-refractivity contribution is 7.99. The average Bonchev–Trinajstić information content (AvgIpc) is 3.06. The molecule has 2 aliphatic rings. The highest BCUT2D eigenvalue weighted by Crippen LogP contribution is 2.44. The number of carboxylic acid groups (broad SMARTS) is 1. The molecular formula is C19H32O5S. The third kappa shape index (κ3) is 6.59. The van der Waals surface area contributed by atoms with Crippen molar-refractivity contribution in [2.75, 3.05) is 11.5 Å². The monoisotopic (exact) mass is 372 g/mol. The van der Waals surface area contributed by atoms with Crippen molar-refractivity contribution in [2.24, 2.45) is 11.8 Å². The van der Waals surface area contributed by atoms with Crippen LogP contribution in [0.2, 0.25) is 0 Å². The van der Waals surface area contributed by atoms with Gasteiger partial charge >= 0.3 is 5.97 Å². The molecule has 2 fully saturated rings. The van der Waals surface area contributed by atoms with Crippen LogP contribution in [0.15, 0.2) is 12.2 Å². The van der Waals surface area contributed by atoms with Crippen LogP contribution in [0.1, 0.15) is 51.9 Å². The number of hydrogen-bond acceptors (Lipinski definition) is 5. The van der Waals surface area contributed by atoms with E-state index in [4.69, 9.17) is 9.84 Å². The van der Waals surface area contributed by atoms with Gasteiger partial charge in [0.2, 0.25) is 0 Å². The smallest absolute Gasteiger partial charge is 0.304 e. The van der Waals surface area contributed by atoms with E-state index in [0.717, 1.165) is 37.9 Å². The van der Waals surface area contributed by atoms with Crippen LogP contribution in [0.5, 0.6) is 0 Å². The molecule has 0 bridgehead atoms. The molecule has 0 aromatic carbocycles. The summed E-state index contributed by atoms with van der Waals surface area (Å²) < 4.78 is 6.05. The van der Waals surface area contributed by atoms with Gasteiger partial charge in [-0.1, -0.05) is 38.3 Å². The first-order chi connectivity index (χ1) is 12.0. The lowest BCUT2D eigenvalue weighted by molar-refractivity contribution is -0.136. The minimum absolute atomic E-state index is 0.0554. The van der Waals surface area contributed by atoms with Crippen molar-refractivity contribution in [3.63, 3.8) is 0 Å². The molecule has 1 saturated heterocycles. The van der Waals surface area contributed by atoms with E-state index >= 15 is 0 Å². The van der Waals surface area contributed by atoms with Crippen molar-refractivity contribution in [3.05, 3.63) is 12.2 Å². The van der Waals surface area contributed by atoms with Crippen LogP contribution >= 0.6 is 11.8 Å². The summed E-state index contributed by atoms with van der Waals surface area (Å²) in [5.41, 5.74) is 0. The van der Waals surface area contributed by atoms with Crippen molar-refractivity contribution in [1.82, 2.24) is 0 Å². The van der Waals surface area contributed by atoms with Crippen LogP contribution in [0.3, 0.4) is 0 Å². The number of carboxylic acids is 1. The van der Waals surface area contributed by atoms with E-state index in [-0.39, 0.29) is 24.5 Å². The van der Waals surface area contributed by atoms with Crippen LogP contribution in [-0.4, -0.2) is 57.2 Å². The zero-order chi connectivity index (χ0) is 18.2. The molecule has 6 atom stereocenters. The number of fused-ring (bicyclic) bond motifs is 1. The van der Waals surface area contributed by atoms with Crippen molar-refractivity contribution < 1.29 is 24.9 Å². The first-order valence-electron chi connectivity index (χ1n) is 9.50. The number of ether oxygens (including phenoxy) is 1. The second-order valence-corrected chi connectivity index (χ2v) is 8.39. The Kier molecular flexibility index (Phi) is 8.76. The molecule has 0 aromatic heterocycles. The predicted octanol–water partition coefficient (Wildman–Crippen LogP) is 2.85. The quantitative estimate of drug-likeness (QED) is 0.382. The molecule has 0 amide bonds. The van der Waals surface area contributed by atoms with Crippen LogP contribution in [0, 0.1) is 11.8 Å². The van der Waals surface area contributed by atoms with Gasteiger partial charge in [0, 0.05) is 23.8 Å².